The van der Waals surface area contributed by atoms with Crippen molar-refractivity contribution in [3.8, 4) is 0 Å². The molecular weight excluding hydrogens is 397 g/mol. The van der Waals surface area contributed by atoms with Crippen molar-refractivity contribution in [2.45, 2.75) is 38.1 Å². The van der Waals surface area contributed by atoms with Gasteiger partial charge in [0, 0.05) is 41.5 Å². The third-order valence-electron chi connectivity index (χ3n) is 5.95. The van der Waals surface area contributed by atoms with E-state index in [-0.39, 0.29) is 5.92 Å². The van der Waals surface area contributed by atoms with Crippen LogP contribution < -0.4 is 0 Å². The average Bonchev–Trinajstić information content (AvgIpc) is 3.22. The second-order valence-corrected chi connectivity index (χ2v) is 8.71. The van der Waals surface area contributed by atoms with Crippen molar-refractivity contribution in [3.05, 3.63) is 45.7 Å². The van der Waals surface area contributed by atoms with Gasteiger partial charge in [-0.3, -0.25) is 14.8 Å². The molecule has 0 atom stereocenters. The fourth-order valence-corrected chi connectivity index (χ4v) is 4.94. The van der Waals surface area contributed by atoms with Gasteiger partial charge in [-0.25, -0.2) is 0 Å². The number of piperidine rings is 2. The van der Waals surface area contributed by atoms with Crippen LogP contribution in [-0.2, 0) is 11.3 Å². The van der Waals surface area contributed by atoms with Crippen molar-refractivity contribution in [3.63, 3.8) is 0 Å². The first-order valence-electron chi connectivity index (χ1n) is 9.90. The predicted molar refractivity (Wildman–Crippen MR) is 109 cm³/mol. The smallest absolute Gasteiger partial charge is 0.225 e. The van der Waals surface area contributed by atoms with Crippen LogP contribution in [0.25, 0.3) is 0 Å². The van der Waals surface area contributed by atoms with E-state index in [4.69, 9.17) is 23.2 Å². The number of carbonyl (C=O) groups excluding carboxylic acids is 1. The number of nitrogens with zero attached hydrogens (tertiary/aromatic N) is 4. The van der Waals surface area contributed by atoms with Crippen molar-refractivity contribution < 1.29 is 4.79 Å². The number of benzene rings is 1. The van der Waals surface area contributed by atoms with Crippen LogP contribution in [0.3, 0.4) is 0 Å². The van der Waals surface area contributed by atoms with Gasteiger partial charge >= 0.3 is 0 Å². The zero-order chi connectivity index (χ0) is 19.5. The molecule has 28 heavy (non-hydrogen) atoms. The number of halogens is 2. The summed E-state index contributed by atoms with van der Waals surface area (Å²) in [6.07, 6.45) is 5.58. The van der Waals surface area contributed by atoms with Crippen LogP contribution >= 0.6 is 23.2 Å². The van der Waals surface area contributed by atoms with Crippen LogP contribution in [0.2, 0.25) is 10.0 Å². The van der Waals surface area contributed by atoms with Crippen molar-refractivity contribution in [1.82, 2.24) is 25.2 Å². The largest absolute Gasteiger partial charge is 0.342 e. The van der Waals surface area contributed by atoms with Gasteiger partial charge in [0.2, 0.25) is 5.91 Å². The molecule has 3 heterocycles. The SMILES string of the molecule is O=C(C1CCN(Cc2cc(Cl)cc(Cl)c2)CC1)N1CCC(c2cnn[nH]2)CC1. The van der Waals surface area contributed by atoms with Gasteiger partial charge in [0.15, 0.2) is 0 Å². The number of likely N-dealkylation sites (tertiary alicyclic amines) is 2. The normalized spacial score (nSPS) is 19.9. The molecule has 4 rings (SSSR count). The molecule has 1 N–H and O–H groups in total. The molecule has 0 radical (unpaired) electrons. The maximum absolute atomic E-state index is 12.9. The fraction of sp³-hybridized carbons (Fsp3) is 0.550. The number of hydrogen-bond acceptors (Lipinski definition) is 4. The molecule has 2 aromatic rings. The lowest BCUT2D eigenvalue weighted by molar-refractivity contribution is -0.138. The van der Waals surface area contributed by atoms with E-state index < -0.39 is 0 Å². The Hall–Kier alpha value is -1.63. The highest BCUT2D eigenvalue weighted by Crippen LogP contribution is 2.29. The summed E-state index contributed by atoms with van der Waals surface area (Å²) >= 11 is 12.2. The predicted octanol–water partition coefficient (Wildman–Crippen LogP) is 3.73. The Kier molecular flexibility index (Phi) is 6.19. The van der Waals surface area contributed by atoms with Crippen LogP contribution in [-0.4, -0.2) is 57.3 Å². The first-order valence-corrected chi connectivity index (χ1v) is 10.7. The molecule has 1 aromatic heterocycles. The van der Waals surface area contributed by atoms with E-state index in [1.54, 1.807) is 12.3 Å². The Balaban J connectivity index is 1.25. The minimum atomic E-state index is 0.143. The first-order chi connectivity index (χ1) is 13.6. The lowest BCUT2D eigenvalue weighted by Gasteiger charge is -2.37. The second kappa shape index (κ2) is 8.80. The number of carbonyl (C=O) groups is 1. The van der Waals surface area contributed by atoms with Gasteiger partial charge in [-0.15, -0.1) is 5.10 Å². The molecule has 1 amide bonds. The summed E-state index contributed by atoms with van der Waals surface area (Å²) in [6, 6.07) is 5.68. The maximum Gasteiger partial charge on any atom is 0.225 e. The molecule has 8 heteroatoms. The molecule has 0 saturated carbocycles. The molecule has 2 aliphatic rings. The van der Waals surface area contributed by atoms with Gasteiger partial charge in [0.25, 0.3) is 0 Å². The summed E-state index contributed by atoms with van der Waals surface area (Å²) in [5.74, 6) is 0.904. The van der Waals surface area contributed by atoms with E-state index in [1.807, 2.05) is 12.1 Å². The van der Waals surface area contributed by atoms with E-state index in [2.05, 4.69) is 25.2 Å². The van der Waals surface area contributed by atoms with Crippen LogP contribution in [0.4, 0.5) is 0 Å². The summed E-state index contributed by atoms with van der Waals surface area (Å²) in [6.45, 7) is 4.33. The summed E-state index contributed by atoms with van der Waals surface area (Å²) in [5, 5.41) is 12.0. The minimum absolute atomic E-state index is 0.143. The first kappa shape index (κ1) is 19.7. The van der Waals surface area contributed by atoms with Gasteiger partial charge in [0.05, 0.1) is 11.9 Å². The molecule has 150 valence electrons. The minimum Gasteiger partial charge on any atom is -0.342 e. The van der Waals surface area contributed by atoms with Gasteiger partial charge in [-0.1, -0.05) is 28.4 Å². The summed E-state index contributed by atoms with van der Waals surface area (Å²) < 4.78 is 0. The highest BCUT2D eigenvalue weighted by molar-refractivity contribution is 6.34. The third kappa shape index (κ3) is 4.67. The van der Waals surface area contributed by atoms with E-state index >= 15 is 0 Å². The monoisotopic (exact) mass is 421 g/mol. The van der Waals surface area contributed by atoms with Crippen LogP contribution in [0.15, 0.2) is 24.4 Å². The van der Waals surface area contributed by atoms with E-state index in [0.717, 1.165) is 69.7 Å². The summed E-state index contributed by atoms with van der Waals surface area (Å²) in [7, 11) is 0. The van der Waals surface area contributed by atoms with Gasteiger partial charge in [-0.2, -0.15) is 0 Å². The number of amides is 1. The topological polar surface area (TPSA) is 65.1 Å². The Morgan fingerprint density at radius 3 is 2.32 bits per heavy atom. The maximum atomic E-state index is 12.9. The van der Waals surface area contributed by atoms with Gasteiger partial charge in [-0.05, 0) is 62.5 Å². The van der Waals surface area contributed by atoms with Crippen LogP contribution in [0, 0.1) is 5.92 Å². The molecule has 0 unspecified atom stereocenters. The average molecular weight is 422 g/mol. The van der Waals surface area contributed by atoms with Crippen molar-refractivity contribution in [2.24, 2.45) is 5.92 Å². The molecular formula is C20H25Cl2N5O. The third-order valence-corrected chi connectivity index (χ3v) is 6.38. The number of nitrogens with one attached hydrogen (secondary N) is 1. The molecule has 1 aromatic carbocycles. The molecule has 0 spiro atoms. The number of aromatic nitrogens is 3. The molecule has 2 fully saturated rings. The Morgan fingerprint density at radius 1 is 1.04 bits per heavy atom. The number of H-pyrrole nitrogens is 1. The number of aromatic amines is 1. The Morgan fingerprint density at radius 2 is 1.71 bits per heavy atom. The lowest BCUT2D eigenvalue weighted by Crippen LogP contribution is -2.45. The Bertz CT molecular complexity index is 777. The lowest BCUT2D eigenvalue weighted by atomic mass is 9.91. The highest BCUT2D eigenvalue weighted by atomic mass is 35.5. The van der Waals surface area contributed by atoms with Gasteiger partial charge in [0.1, 0.15) is 0 Å². The fourth-order valence-electron chi connectivity index (χ4n) is 4.37. The standard InChI is InChI=1S/C20H25Cl2N5O/c21-17-9-14(10-18(22)11-17)13-26-5-1-16(2-6-26)20(28)27-7-3-15(4-8-27)19-12-23-25-24-19/h9-12,15-16H,1-8,13H2,(H,23,24,25). The Labute approximate surface area is 175 Å². The van der Waals surface area contributed by atoms with E-state index in [0.29, 0.717) is 21.9 Å². The molecule has 6 nitrogen and oxygen atoms in total. The quantitative estimate of drug-likeness (QED) is 0.816. The zero-order valence-electron chi connectivity index (χ0n) is 15.8. The van der Waals surface area contributed by atoms with Crippen LogP contribution in [0.1, 0.15) is 42.9 Å². The van der Waals surface area contributed by atoms with Crippen molar-refractivity contribution in [1.29, 1.82) is 0 Å². The van der Waals surface area contributed by atoms with Crippen molar-refractivity contribution >= 4 is 29.1 Å². The zero-order valence-corrected chi connectivity index (χ0v) is 17.3. The summed E-state index contributed by atoms with van der Waals surface area (Å²) in [5.41, 5.74) is 2.21. The molecule has 0 bridgehead atoms. The highest BCUT2D eigenvalue weighted by Gasteiger charge is 2.31. The number of rotatable bonds is 4. The van der Waals surface area contributed by atoms with Crippen molar-refractivity contribution in [2.75, 3.05) is 26.2 Å². The van der Waals surface area contributed by atoms with Gasteiger partial charge < -0.3 is 4.90 Å². The second-order valence-electron chi connectivity index (χ2n) is 7.84. The molecule has 2 aliphatic heterocycles. The van der Waals surface area contributed by atoms with E-state index in [9.17, 15) is 4.79 Å². The molecule has 2 saturated heterocycles. The summed E-state index contributed by atoms with van der Waals surface area (Å²) in [4.78, 5) is 17.4. The van der Waals surface area contributed by atoms with Crippen LogP contribution in [0.5, 0.6) is 0 Å². The number of hydrogen-bond donors (Lipinski definition) is 1. The molecule has 0 aliphatic carbocycles. The van der Waals surface area contributed by atoms with E-state index in [1.165, 1.54) is 0 Å².